The predicted octanol–water partition coefficient (Wildman–Crippen LogP) is 0.670. The summed E-state index contributed by atoms with van der Waals surface area (Å²) in [6, 6.07) is 0.677. The number of hydrogen-bond acceptors (Lipinski definition) is 3. The van der Waals surface area contributed by atoms with Crippen molar-refractivity contribution in [3.63, 3.8) is 0 Å². The smallest absolute Gasteiger partial charge is 0.234 e. The number of amides is 1. The van der Waals surface area contributed by atoms with Gasteiger partial charge in [-0.15, -0.1) is 0 Å². The van der Waals surface area contributed by atoms with E-state index in [0.29, 0.717) is 18.6 Å². The average molecular weight is 214 g/mol. The van der Waals surface area contributed by atoms with E-state index < -0.39 is 0 Å². The van der Waals surface area contributed by atoms with Gasteiger partial charge in [0.25, 0.3) is 0 Å². The summed E-state index contributed by atoms with van der Waals surface area (Å²) in [6.07, 6.45) is 3.00. The van der Waals surface area contributed by atoms with E-state index in [1.807, 2.05) is 0 Å². The fourth-order valence-corrected chi connectivity index (χ4v) is 1.70. The van der Waals surface area contributed by atoms with Crippen LogP contribution in [0, 0.1) is 0 Å². The third-order valence-electron chi connectivity index (χ3n) is 2.83. The summed E-state index contributed by atoms with van der Waals surface area (Å²) >= 11 is 0. The lowest BCUT2D eigenvalue weighted by Crippen LogP contribution is -2.43. The fraction of sp³-hybridized carbons (Fsp3) is 0.909. The molecule has 1 rings (SSSR count). The SMILES string of the molecule is CCC(CC)NC(=O)CNC1CCOC1. The second-order valence-electron chi connectivity index (χ2n) is 4.02. The maximum Gasteiger partial charge on any atom is 0.234 e. The van der Waals surface area contributed by atoms with Gasteiger partial charge in [0.05, 0.1) is 13.2 Å². The monoisotopic (exact) mass is 214 g/mol. The summed E-state index contributed by atoms with van der Waals surface area (Å²) in [7, 11) is 0. The van der Waals surface area contributed by atoms with E-state index in [1.165, 1.54) is 0 Å². The minimum Gasteiger partial charge on any atom is -0.380 e. The minimum atomic E-state index is 0.0931. The number of carbonyl (C=O) groups excluding carboxylic acids is 1. The summed E-state index contributed by atoms with van der Waals surface area (Å²) in [5.74, 6) is 0.0931. The van der Waals surface area contributed by atoms with Crippen LogP contribution in [0.3, 0.4) is 0 Å². The molecule has 0 bridgehead atoms. The van der Waals surface area contributed by atoms with E-state index in [1.54, 1.807) is 0 Å². The van der Waals surface area contributed by atoms with Gasteiger partial charge in [-0.05, 0) is 19.3 Å². The molecular formula is C11H22N2O2. The highest BCUT2D eigenvalue weighted by Crippen LogP contribution is 2.02. The Hall–Kier alpha value is -0.610. The quantitative estimate of drug-likeness (QED) is 0.683. The number of ether oxygens (including phenoxy) is 1. The summed E-state index contributed by atoms with van der Waals surface area (Å²) in [5, 5.41) is 6.20. The molecule has 1 fully saturated rings. The van der Waals surface area contributed by atoms with Crippen molar-refractivity contribution < 1.29 is 9.53 Å². The zero-order valence-electron chi connectivity index (χ0n) is 9.71. The first-order valence-corrected chi connectivity index (χ1v) is 5.86. The molecule has 1 saturated heterocycles. The van der Waals surface area contributed by atoms with Crippen molar-refractivity contribution in [2.75, 3.05) is 19.8 Å². The molecule has 0 radical (unpaired) electrons. The highest BCUT2D eigenvalue weighted by Gasteiger charge is 2.16. The first-order chi connectivity index (χ1) is 7.26. The largest absolute Gasteiger partial charge is 0.380 e. The van der Waals surface area contributed by atoms with E-state index in [9.17, 15) is 4.79 Å². The first-order valence-electron chi connectivity index (χ1n) is 5.86. The van der Waals surface area contributed by atoms with Gasteiger partial charge >= 0.3 is 0 Å². The molecule has 1 unspecified atom stereocenters. The first kappa shape index (κ1) is 12.5. The zero-order valence-corrected chi connectivity index (χ0v) is 9.71. The van der Waals surface area contributed by atoms with Crippen molar-refractivity contribution in [2.24, 2.45) is 0 Å². The van der Waals surface area contributed by atoms with Crippen LogP contribution >= 0.6 is 0 Å². The molecule has 1 atom stereocenters. The molecule has 1 aliphatic rings. The number of hydrogen-bond donors (Lipinski definition) is 2. The number of rotatable bonds is 6. The highest BCUT2D eigenvalue weighted by molar-refractivity contribution is 5.78. The van der Waals surface area contributed by atoms with Crippen LogP contribution in [-0.4, -0.2) is 37.7 Å². The molecule has 0 aromatic rings. The van der Waals surface area contributed by atoms with E-state index in [4.69, 9.17) is 4.74 Å². The van der Waals surface area contributed by atoms with Gasteiger partial charge in [-0.1, -0.05) is 13.8 Å². The van der Waals surface area contributed by atoms with E-state index in [0.717, 1.165) is 32.5 Å². The van der Waals surface area contributed by atoms with Gasteiger partial charge in [0.1, 0.15) is 0 Å². The molecule has 4 nitrogen and oxygen atoms in total. The van der Waals surface area contributed by atoms with Crippen molar-refractivity contribution in [3.05, 3.63) is 0 Å². The van der Waals surface area contributed by atoms with Crippen molar-refractivity contribution in [3.8, 4) is 0 Å². The fourth-order valence-electron chi connectivity index (χ4n) is 1.70. The predicted molar refractivity (Wildman–Crippen MR) is 59.7 cm³/mol. The van der Waals surface area contributed by atoms with Gasteiger partial charge in [0.2, 0.25) is 5.91 Å². The Morgan fingerprint density at radius 3 is 2.73 bits per heavy atom. The normalized spacial score (nSPS) is 20.9. The molecule has 1 heterocycles. The van der Waals surface area contributed by atoms with Crippen LogP contribution < -0.4 is 10.6 Å². The molecule has 0 aliphatic carbocycles. The van der Waals surface area contributed by atoms with Crippen LogP contribution in [0.4, 0.5) is 0 Å². The Labute approximate surface area is 91.8 Å². The van der Waals surface area contributed by atoms with Crippen LogP contribution in [0.15, 0.2) is 0 Å². The van der Waals surface area contributed by atoms with Gasteiger partial charge in [-0.25, -0.2) is 0 Å². The van der Waals surface area contributed by atoms with Crippen LogP contribution in [0.5, 0.6) is 0 Å². The van der Waals surface area contributed by atoms with Crippen molar-refractivity contribution in [2.45, 2.75) is 45.2 Å². The van der Waals surface area contributed by atoms with Gasteiger partial charge in [-0.2, -0.15) is 0 Å². The summed E-state index contributed by atoms with van der Waals surface area (Å²) in [6.45, 7) is 6.13. The zero-order chi connectivity index (χ0) is 11.1. The molecule has 1 amide bonds. The Kier molecular flexibility index (Phi) is 5.65. The molecule has 2 N–H and O–H groups in total. The molecule has 4 heteroatoms. The maximum atomic E-state index is 11.5. The minimum absolute atomic E-state index is 0.0931. The van der Waals surface area contributed by atoms with E-state index in [2.05, 4.69) is 24.5 Å². The molecule has 88 valence electrons. The third-order valence-corrected chi connectivity index (χ3v) is 2.83. The third kappa shape index (κ3) is 4.62. The number of nitrogens with one attached hydrogen (secondary N) is 2. The van der Waals surface area contributed by atoms with Gasteiger partial charge < -0.3 is 15.4 Å². The van der Waals surface area contributed by atoms with Gasteiger partial charge in [0, 0.05) is 18.7 Å². The topological polar surface area (TPSA) is 50.4 Å². The summed E-state index contributed by atoms with van der Waals surface area (Å²) < 4.78 is 5.22. The molecule has 0 saturated carbocycles. The van der Waals surface area contributed by atoms with Gasteiger partial charge in [-0.3, -0.25) is 4.79 Å². The van der Waals surface area contributed by atoms with Crippen LogP contribution in [0.25, 0.3) is 0 Å². The summed E-state index contributed by atoms with van der Waals surface area (Å²) in [4.78, 5) is 11.5. The molecule has 15 heavy (non-hydrogen) atoms. The Bertz CT molecular complexity index is 187. The molecule has 0 spiro atoms. The highest BCUT2D eigenvalue weighted by atomic mass is 16.5. The van der Waals surface area contributed by atoms with Crippen molar-refractivity contribution in [1.82, 2.24) is 10.6 Å². The lowest BCUT2D eigenvalue weighted by Gasteiger charge is -2.16. The van der Waals surface area contributed by atoms with Crippen LogP contribution in [-0.2, 0) is 9.53 Å². The van der Waals surface area contributed by atoms with Crippen molar-refractivity contribution in [1.29, 1.82) is 0 Å². The van der Waals surface area contributed by atoms with Crippen LogP contribution in [0.1, 0.15) is 33.1 Å². The number of carbonyl (C=O) groups is 1. The van der Waals surface area contributed by atoms with Crippen LogP contribution in [0.2, 0.25) is 0 Å². The Morgan fingerprint density at radius 2 is 2.20 bits per heavy atom. The Morgan fingerprint density at radius 1 is 1.47 bits per heavy atom. The lowest BCUT2D eigenvalue weighted by atomic mass is 10.2. The average Bonchev–Trinajstić information content (AvgIpc) is 2.75. The second-order valence-corrected chi connectivity index (χ2v) is 4.02. The molecular weight excluding hydrogens is 192 g/mol. The van der Waals surface area contributed by atoms with Crippen molar-refractivity contribution >= 4 is 5.91 Å². The molecule has 1 aliphatic heterocycles. The summed E-state index contributed by atoms with van der Waals surface area (Å²) in [5.41, 5.74) is 0. The lowest BCUT2D eigenvalue weighted by molar-refractivity contribution is -0.121. The Balaban J connectivity index is 2.11. The molecule has 0 aromatic heterocycles. The second kappa shape index (κ2) is 6.80. The standard InChI is InChI=1S/C11H22N2O2/c1-3-9(4-2)13-11(14)7-12-10-5-6-15-8-10/h9-10,12H,3-8H2,1-2H3,(H,13,14). The van der Waals surface area contributed by atoms with Gasteiger partial charge in [0.15, 0.2) is 0 Å². The van der Waals surface area contributed by atoms with E-state index in [-0.39, 0.29) is 5.91 Å². The van der Waals surface area contributed by atoms with E-state index >= 15 is 0 Å². The maximum absolute atomic E-state index is 11.5. The molecule has 0 aromatic carbocycles.